The van der Waals surface area contributed by atoms with Gasteiger partial charge in [-0.3, -0.25) is 10.1 Å². The second-order valence-corrected chi connectivity index (χ2v) is 5.22. The van der Waals surface area contributed by atoms with E-state index >= 15 is 0 Å². The molecule has 2 aromatic heterocycles. The van der Waals surface area contributed by atoms with Crippen LogP contribution in [-0.2, 0) is 6.42 Å². The van der Waals surface area contributed by atoms with Gasteiger partial charge in [-0.2, -0.15) is 0 Å². The smallest absolute Gasteiger partial charge is 0.312 e. The number of thiazole rings is 1. The lowest BCUT2D eigenvalue weighted by atomic mass is 10.3. The number of aryl methyl sites for hydroxylation is 1. The molecule has 0 aliphatic heterocycles. The molecule has 0 aliphatic rings. The summed E-state index contributed by atoms with van der Waals surface area (Å²) in [5, 5.41) is 17.0. The van der Waals surface area contributed by atoms with E-state index in [1.807, 2.05) is 12.3 Å². The maximum Gasteiger partial charge on any atom is 0.312 e. The Labute approximate surface area is 118 Å². The molecule has 0 bridgehead atoms. The molecule has 0 saturated carbocycles. The van der Waals surface area contributed by atoms with E-state index in [0.717, 1.165) is 10.7 Å². The quantitative estimate of drug-likeness (QED) is 0.677. The number of rotatable bonds is 5. The van der Waals surface area contributed by atoms with Crippen molar-refractivity contribution in [3.8, 4) is 0 Å². The third-order valence-corrected chi connectivity index (χ3v) is 3.56. The number of nitro groups is 1. The lowest BCUT2D eigenvalue weighted by Crippen LogP contribution is -2.08. The first-order valence-corrected chi connectivity index (χ1v) is 6.77. The van der Waals surface area contributed by atoms with Gasteiger partial charge in [-0.1, -0.05) is 11.6 Å². The molecular weight excluding hydrogens is 288 g/mol. The molecule has 19 heavy (non-hydrogen) atoms. The first-order valence-electron chi connectivity index (χ1n) is 5.51. The SMILES string of the molecule is Cc1csc(CCNc2ncc(Cl)cc2[N+](=O)[O-])n1. The number of pyridine rings is 1. The predicted molar refractivity (Wildman–Crippen MR) is 74.9 cm³/mol. The van der Waals surface area contributed by atoms with Gasteiger partial charge in [0.1, 0.15) is 0 Å². The first kappa shape index (κ1) is 13.7. The molecule has 2 rings (SSSR count). The van der Waals surface area contributed by atoms with E-state index in [0.29, 0.717) is 13.0 Å². The molecular formula is C11H11ClN4O2S. The van der Waals surface area contributed by atoms with Crippen LogP contribution >= 0.6 is 22.9 Å². The Bertz CT molecular complexity index is 602. The van der Waals surface area contributed by atoms with Gasteiger partial charge in [0.05, 0.1) is 15.0 Å². The maximum absolute atomic E-state index is 10.9. The van der Waals surface area contributed by atoms with Crippen LogP contribution in [0.2, 0.25) is 5.02 Å². The Morgan fingerprint density at radius 3 is 3.00 bits per heavy atom. The Morgan fingerprint density at radius 1 is 1.58 bits per heavy atom. The Morgan fingerprint density at radius 2 is 2.37 bits per heavy atom. The van der Waals surface area contributed by atoms with Gasteiger partial charge in [-0.05, 0) is 6.92 Å². The Kier molecular flexibility index (Phi) is 4.28. The van der Waals surface area contributed by atoms with Gasteiger partial charge in [-0.15, -0.1) is 11.3 Å². The molecule has 1 N–H and O–H groups in total. The van der Waals surface area contributed by atoms with Crippen molar-refractivity contribution >= 4 is 34.4 Å². The zero-order chi connectivity index (χ0) is 13.8. The monoisotopic (exact) mass is 298 g/mol. The third-order valence-electron chi connectivity index (χ3n) is 2.33. The number of anilines is 1. The molecule has 0 amide bonds. The fourth-order valence-electron chi connectivity index (χ4n) is 1.51. The topological polar surface area (TPSA) is 81.0 Å². The van der Waals surface area contributed by atoms with E-state index in [4.69, 9.17) is 11.6 Å². The number of nitrogens with zero attached hydrogens (tertiary/aromatic N) is 3. The molecule has 0 aromatic carbocycles. The highest BCUT2D eigenvalue weighted by atomic mass is 35.5. The molecule has 0 saturated heterocycles. The lowest BCUT2D eigenvalue weighted by Gasteiger charge is -2.05. The fraction of sp³-hybridized carbons (Fsp3) is 0.273. The van der Waals surface area contributed by atoms with E-state index < -0.39 is 4.92 Å². The van der Waals surface area contributed by atoms with Crippen LogP contribution in [0.3, 0.4) is 0 Å². The molecule has 0 spiro atoms. The highest BCUT2D eigenvalue weighted by Gasteiger charge is 2.15. The maximum atomic E-state index is 10.9. The van der Waals surface area contributed by atoms with Crippen LogP contribution in [0.15, 0.2) is 17.6 Å². The number of nitrogens with one attached hydrogen (secondary N) is 1. The largest absolute Gasteiger partial charge is 0.364 e. The summed E-state index contributed by atoms with van der Waals surface area (Å²) >= 11 is 7.26. The van der Waals surface area contributed by atoms with Gasteiger partial charge in [0.25, 0.3) is 0 Å². The minimum absolute atomic E-state index is 0.122. The van der Waals surface area contributed by atoms with Gasteiger partial charge in [0, 0.05) is 36.3 Å². The van der Waals surface area contributed by atoms with Gasteiger partial charge in [0.15, 0.2) is 0 Å². The number of hydrogen-bond acceptors (Lipinski definition) is 6. The standard InChI is InChI=1S/C11H11ClN4O2S/c1-7-6-19-10(15-7)2-3-13-11-9(16(17)18)4-8(12)5-14-11/h4-6H,2-3H2,1H3,(H,13,14). The van der Waals surface area contributed by atoms with Crippen molar-refractivity contribution in [3.63, 3.8) is 0 Å². The van der Waals surface area contributed by atoms with Crippen molar-refractivity contribution in [2.24, 2.45) is 0 Å². The molecule has 100 valence electrons. The third kappa shape index (κ3) is 3.62. The van der Waals surface area contributed by atoms with Crippen LogP contribution in [0.1, 0.15) is 10.7 Å². The summed E-state index contributed by atoms with van der Waals surface area (Å²) in [6, 6.07) is 1.28. The van der Waals surface area contributed by atoms with E-state index in [1.54, 1.807) is 11.3 Å². The summed E-state index contributed by atoms with van der Waals surface area (Å²) in [4.78, 5) is 18.6. The van der Waals surface area contributed by atoms with Crippen molar-refractivity contribution in [3.05, 3.63) is 43.5 Å². The summed E-state index contributed by atoms with van der Waals surface area (Å²) in [7, 11) is 0. The van der Waals surface area contributed by atoms with Gasteiger partial charge in [0.2, 0.25) is 5.82 Å². The predicted octanol–water partition coefficient (Wildman–Crippen LogP) is 3.06. The summed E-state index contributed by atoms with van der Waals surface area (Å²) in [5.41, 5.74) is 0.860. The van der Waals surface area contributed by atoms with Crippen molar-refractivity contribution in [2.45, 2.75) is 13.3 Å². The van der Waals surface area contributed by atoms with Crippen LogP contribution in [0.25, 0.3) is 0 Å². The Balaban J connectivity index is 2.01. The molecule has 0 fully saturated rings. The van der Waals surface area contributed by atoms with Gasteiger partial charge < -0.3 is 5.32 Å². The molecule has 8 heteroatoms. The van der Waals surface area contributed by atoms with Crippen molar-refractivity contribution in [2.75, 3.05) is 11.9 Å². The normalized spacial score (nSPS) is 10.4. The lowest BCUT2D eigenvalue weighted by molar-refractivity contribution is -0.384. The molecule has 6 nitrogen and oxygen atoms in total. The summed E-state index contributed by atoms with van der Waals surface area (Å²) in [6.07, 6.45) is 2.07. The zero-order valence-corrected chi connectivity index (χ0v) is 11.7. The number of halogens is 1. The summed E-state index contributed by atoms with van der Waals surface area (Å²) in [6.45, 7) is 2.46. The highest BCUT2D eigenvalue weighted by molar-refractivity contribution is 7.09. The van der Waals surface area contributed by atoms with Crippen molar-refractivity contribution in [1.82, 2.24) is 9.97 Å². The number of aromatic nitrogens is 2. The first-order chi connectivity index (χ1) is 9.06. The van der Waals surface area contributed by atoms with E-state index in [-0.39, 0.29) is 16.5 Å². The highest BCUT2D eigenvalue weighted by Crippen LogP contribution is 2.24. The number of hydrogen-bond donors (Lipinski definition) is 1. The van der Waals surface area contributed by atoms with Gasteiger partial charge in [-0.25, -0.2) is 9.97 Å². The molecule has 2 aromatic rings. The van der Waals surface area contributed by atoms with E-state index in [2.05, 4.69) is 15.3 Å². The Hall–Kier alpha value is -1.73. The fourth-order valence-corrected chi connectivity index (χ4v) is 2.44. The average Bonchev–Trinajstić information content (AvgIpc) is 2.77. The molecule has 0 unspecified atom stereocenters. The summed E-state index contributed by atoms with van der Waals surface area (Å²) in [5.74, 6) is 0.225. The minimum Gasteiger partial charge on any atom is -0.364 e. The summed E-state index contributed by atoms with van der Waals surface area (Å²) < 4.78 is 0. The molecule has 0 atom stereocenters. The van der Waals surface area contributed by atoms with Crippen LogP contribution in [-0.4, -0.2) is 21.4 Å². The second kappa shape index (κ2) is 5.94. The van der Waals surface area contributed by atoms with Gasteiger partial charge >= 0.3 is 5.69 Å². The molecule has 2 heterocycles. The van der Waals surface area contributed by atoms with Crippen LogP contribution < -0.4 is 5.32 Å². The van der Waals surface area contributed by atoms with Crippen LogP contribution in [0.5, 0.6) is 0 Å². The van der Waals surface area contributed by atoms with E-state index in [1.165, 1.54) is 12.3 Å². The zero-order valence-electron chi connectivity index (χ0n) is 10.1. The molecule has 0 aliphatic carbocycles. The second-order valence-electron chi connectivity index (χ2n) is 3.84. The minimum atomic E-state index is -0.505. The van der Waals surface area contributed by atoms with Crippen molar-refractivity contribution < 1.29 is 4.92 Å². The average molecular weight is 299 g/mol. The molecule has 0 radical (unpaired) electrons. The van der Waals surface area contributed by atoms with E-state index in [9.17, 15) is 10.1 Å². The van der Waals surface area contributed by atoms with Crippen molar-refractivity contribution in [1.29, 1.82) is 0 Å². The van der Waals surface area contributed by atoms with Crippen LogP contribution in [0, 0.1) is 17.0 Å². The van der Waals surface area contributed by atoms with Crippen LogP contribution in [0.4, 0.5) is 11.5 Å².